The molecule has 29 heavy (non-hydrogen) atoms. The van der Waals surface area contributed by atoms with Gasteiger partial charge in [0.2, 0.25) is 5.91 Å². The number of carbonyl (C=O) groups excluding carboxylic acids is 1. The number of aromatic nitrogens is 5. The topological polar surface area (TPSA) is 98.2 Å². The molecule has 3 heterocycles. The molecule has 0 atom stereocenters. The highest BCUT2D eigenvalue weighted by molar-refractivity contribution is 5.78. The first-order chi connectivity index (χ1) is 14.0. The van der Waals surface area contributed by atoms with E-state index in [9.17, 15) is 4.79 Å². The monoisotopic (exact) mass is 390 g/mol. The summed E-state index contributed by atoms with van der Waals surface area (Å²) in [5, 5.41) is 15.3. The lowest BCUT2D eigenvalue weighted by molar-refractivity contribution is -0.120. The van der Waals surface area contributed by atoms with Crippen LogP contribution in [0, 0.1) is 6.92 Å². The van der Waals surface area contributed by atoms with Crippen molar-refractivity contribution in [1.29, 1.82) is 0 Å². The van der Waals surface area contributed by atoms with Crippen LogP contribution in [0.1, 0.15) is 42.5 Å². The molecule has 0 fully saturated rings. The van der Waals surface area contributed by atoms with E-state index in [0.717, 1.165) is 11.1 Å². The van der Waals surface area contributed by atoms with Crippen molar-refractivity contribution >= 4 is 11.6 Å². The Morgan fingerprint density at radius 2 is 1.97 bits per heavy atom. The molecule has 0 aliphatic rings. The van der Waals surface area contributed by atoms with Crippen LogP contribution in [0.5, 0.6) is 0 Å². The average molecular weight is 390 g/mol. The molecule has 3 aromatic heterocycles. The van der Waals surface area contributed by atoms with Crippen molar-refractivity contribution in [2.75, 3.05) is 0 Å². The maximum absolute atomic E-state index is 12.2. The maximum atomic E-state index is 12.2. The van der Waals surface area contributed by atoms with Gasteiger partial charge >= 0.3 is 0 Å². The summed E-state index contributed by atoms with van der Waals surface area (Å²) in [6, 6.07) is 11.6. The zero-order chi connectivity index (χ0) is 20.4. The molecule has 1 N–H and O–H groups in total. The molecule has 0 unspecified atom stereocenters. The number of aryl methyl sites for hydroxylation is 1. The van der Waals surface area contributed by atoms with Gasteiger partial charge in [-0.1, -0.05) is 48.8 Å². The van der Waals surface area contributed by atoms with Crippen LogP contribution in [0.3, 0.4) is 0 Å². The van der Waals surface area contributed by atoms with Gasteiger partial charge in [-0.3, -0.25) is 9.20 Å². The molecular weight excluding hydrogens is 368 g/mol. The lowest BCUT2D eigenvalue weighted by Gasteiger charge is -2.05. The zero-order valence-electron chi connectivity index (χ0n) is 16.6. The van der Waals surface area contributed by atoms with Crippen molar-refractivity contribution in [1.82, 2.24) is 30.1 Å². The third kappa shape index (κ3) is 4.16. The van der Waals surface area contributed by atoms with Gasteiger partial charge in [0, 0.05) is 17.7 Å². The Kier molecular flexibility index (Phi) is 5.07. The number of fused-ring (bicyclic) bond motifs is 1. The number of rotatable bonds is 6. The number of amides is 1. The molecule has 8 nitrogen and oxygen atoms in total. The van der Waals surface area contributed by atoms with Gasteiger partial charge in [-0.15, -0.1) is 10.2 Å². The van der Waals surface area contributed by atoms with Crippen LogP contribution >= 0.6 is 0 Å². The molecule has 0 saturated heterocycles. The summed E-state index contributed by atoms with van der Waals surface area (Å²) < 4.78 is 7.16. The van der Waals surface area contributed by atoms with Gasteiger partial charge in [-0.05, 0) is 24.6 Å². The van der Waals surface area contributed by atoms with E-state index in [1.165, 1.54) is 5.56 Å². The van der Waals surface area contributed by atoms with Gasteiger partial charge in [-0.2, -0.15) is 4.98 Å². The normalized spacial score (nSPS) is 11.3. The van der Waals surface area contributed by atoms with Gasteiger partial charge in [0.1, 0.15) is 0 Å². The van der Waals surface area contributed by atoms with E-state index >= 15 is 0 Å². The summed E-state index contributed by atoms with van der Waals surface area (Å²) in [4.78, 5) is 16.6. The molecule has 4 rings (SSSR count). The third-order valence-corrected chi connectivity index (χ3v) is 4.61. The van der Waals surface area contributed by atoms with E-state index in [4.69, 9.17) is 4.52 Å². The summed E-state index contributed by atoms with van der Waals surface area (Å²) in [6.45, 7) is 6.34. The SMILES string of the molecule is Cc1ccc(CC(=O)NCc2nnc3cc(-c4nc(C(C)C)no4)ccn23)cc1. The summed E-state index contributed by atoms with van der Waals surface area (Å²) in [7, 11) is 0. The minimum atomic E-state index is -0.0608. The van der Waals surface area contributed by atoms with E-state index in [1.54, 1.807) is 0 Å². The zero-order valence-corrected chi connectivity index (χ0v) is 16.6. The molecule has 0 aliphatic carbocycles. The largest absolute Gasteiger partial charge is 0.348 e. The number of nitrogens with zero attached hydrogens (tertiary/aromatic N) is 5. The van der Waals surface area contributed by atoms with E-state index in [1.807, 2.05) is 67.8 Å². The van der Waals surface area contributed by atoms with Gasteiger partial charge in [-0.25, -0.2) is 0 Å². The van der Waals surface area contributed by atoms with E-state index in [0.29, 0.717) is 36.2 Å². The Bertz CT molecular complexity index is 1140. The second kappa shape index (κ2) is 7.83. The fraction of sp³-hybridized carbons (Fsp3) is 0.286. The minimum absolute atomic E-state index is 0.0608. The standard InChI is InChI=1S/C21H22N6O2/c1-13(2)20-23-21(29-26-20)16-8-9-27-17(11-16)24-25-18(27)12-22-19(28)10-15-6-4-14(3)5-7-15/h4-9,11,13H,10,12H2,1-3H3,(H,22,28). The third-order valence-electron chi connectivity index (χ3n) is 4.61. The Balaban J connectivity index is 1.44. The molecule has 0 bridgehead atoms. The molecule has 0 spiro atoms. The fourth-order valence-corrected chi connectivity index (χ4v) is 2.91. The van der Waals surface area contributed by atoms with Crippen molar-refractivity contribution in [3.05, 3.63) is 65.4 Å². The predicted octanol–water partition coefficient (Wildman–Crippen LogP) is 3.07. The van der Waals surface area contributed by atoms with E-state index in [-0.39, 0.29) is 11.8 Å². The highest BCUT2D eigenvalue weighted by Crippen LogP contribution is 2.21. The van der Waals surface area contributed by atoms with Crippen molar-refractivity contribution in [3.8, 4) is 11.5 Å². The average Bonchev–Trinajstić information content (AvgIpc) is 3.35. The van der Waals surface area contributed by atoms with E-state index < -0.39 is 0 Å². The highest BCUT2D eigenvalue weighted by atomic mass is 16.5. The summed E-state index contributed by atoms with van der Waals surface area (Å²) in [5.74, 6) is 1.90. The smallest absolute Gasteiger partial charge is 0.258 e. The number of nitrogens with one attached hydrogen (secondary N) is 1. The maximum Gasteiger partial charge on any atom is 0.258 e. The second-order valence-electron chi connectivity index (χ2n) is 7.31. The van der Waals surface area contributed by atoms with Crippen molar-refractivity contribution in [2.45, 2.75) is 39.7 Å². The first-order valence-corrected chi connectivity index (χ1v) is 9.49. The molecule has 0 aliphatic heterocycles. The molecule has 148 valence electrons. The number of benzene rings is 1. The first-order valence-electron chi connectivity index (χ1n) is 9.49. The summed E-state index contributed by atoms with van der Waals surface area (Å²) in [6.07, 6.45) is 2.17. The van der Waals surface area contributed by atoms with E-state index in [2.05, 4.69) is 25.7 Å². The number of hydrogen-bond acceptors (Lipinski definition) is 6. The van der Waals surface area contributed by atoms with Gasteiger partial charge in [0.05, 0.1) is 13.0 Å². The van der Waals surface area contributed by atoms with Crippen LogP contribution in [-0.4, -0.2) is 30.6 Å². The fourth-order valence-electron chi connectivity index (χ4n) is 2.91. The Morgan fingerprint density at radius 1 is 1.17 bits per heavy atom. The Morgan fingerprint density at radius 3 is 2.69 bits per heavy atom. The lowest BCUT2D eigenvalue weighted by Crippen LogP contribution is -2.25. The predicted molar refractivity (Wildman–Crippen MR) is 107 cm³/mol. The Labute approximate surface area is 168 Å². The summed E-state index contributed by atoms with van der Waals surface area (Å²) in [5.41, 5.74) is 3.57. The van der Waals surface area contributed by atoms with Gasteiger partial charge in [0.15, 0.2) is 17.3 Å². The Hall–Kier alpha value is -3.55. The van der Waals surface area contributed by atoms with Crippen molar-refractivity contribution in [3.63, 3.8) is 0 Å². The molecule has 1 aromatic carbocycles. The number of hydrogen-bond donors (Lipinski definition) is 1. The van der Waals surface area contributed by atoms with Crippen molar-refractivity contribution in [2.24, 2.45) is 0 Å². The van der Waals surface area contributed by atoms with Crippen molar-refractivity contribution < 1.29 is 9.32 Å². The second-order valence-corrected chi connectivity index (χ2v) is 7.31. The van der Waals surface area contributed by atoms with Crippen LogP contribution in [0.4, 0.5) is 0 Å². The number of carbonyl (C=O) groups is 1. The first kappa shape index (κ1) is 18.8. The minimum Gasteiger partial charge on any atom is -0.348 e. The lowest BCUT2D eigenvalue weighted by atomic mass is 10.1. The number of pyridine rings is 1. The highest BCUT2D eigenvalue weighted by Gasteiger charge is 2.14. The van der Waals surface area contributed by atoms with Gasteiger partial charge < -0.3 is 9.84 Å². The molecule has 0 saturated carbocycles. The van der Waals surface area contributed by atoms with Crippen LogP contribution in [0.2, 0.25) is 0 Å². The molecule has 0 radical (unpaired) electrons. The van der Waals surface area contributed by atoms with Crippen LogP contribution < -0.4 is 5.32 Å². The molecule has 4 aromatic rings. The molecule has 8 heteroatoms. The summed E-state index contributed by atoms with van der Waals surface area (Å²) >= 11 is 0. The molecule has 1 amide bonds. The van der Waals surface area contributed by atoms with Crippen LogP contribution in [0.15, 0.2) is 47.1 Å². The van der Waals surface area contributed by atoms with Crippen LogP contribution in [0.25, 0.3) is 17.1 Å². The quantitative estimate of drug-likeness (QED) is 0.543. The molecular formula is C21H22N6O2. The van der Waals surface area contributed by atoms with Gasteiger partial charge in [0.25, 0.3) is 5.89 Å². The van der Waals surface area contributed by atoms with Crippen LogP contribution in [-0.2, 0) is 17.8 Å².